The number of carbonyl (C=O) groups excluding carboxylic acids is 1. The highest BCUT2D eigenvalue weighted by atomic mass is 32.2. The number of nitrogens with zero attached hydrogens (tertiary/aromatic N) is 2. The first-order chi connectivity index (χ1) is 18.2. The van der Waals surface area contributed by atoms with Gasteiger partial charge in [0.25, 0.3) is 5.91 Å². The van der Waals surface area contributed by atoms with E-state index in [4.69, 9.17) is 4.99 Å². The predicted octanol–water partition coefficient (Wildman–Crippen LogP) is 6.01. The first-order valence-electron chi connectivity index (χ1n) is 14.1. The Bertz CT molecular complexity index is 1340. The van der Waals surface area contributed by atoms with Gasteiger partial charge in [-0.3, -0.25) is 9.79 Å². The summed E-state index contributed by atoms with van der Waals surface area (Å²) in [5.41, 5.74) is 3.12. The van der Waals surface area contributed by atoms with E-state index in [1.807, 2.05) is 60.7 Å². The molecule has 0 aromatic heterocycles. The summed E-state index contributed by atoms with van der Waals surface area (Å²) in [6.45, 7) is 8.79. The average molecular weight is 531 g/mol. The molecule has 0 radical (unpaired) electrons. The molecule has 38 heavy (non-hydrogen) atoms. The van der Waals surface area contributed by atoms with E-state index in [0.717, 1.165) is 67.4 Å². The highest BCUT2D eigenvalue weighted by Gasteiger charge is 2.72. The van der Waals surface area contributed by atoms with Crippen LogP contribution in [0.15, 0.2) is 77.8 Å². The molecule has 1 aliphatic heterocycles. The van der Waals surface area contributed by atoms with Gasteiger partial charge in [0, 0.05) is 22.5 Å². The van der Waals surface area contributed by atoms with Crippen molar-refractivity contribution in [1.82, 2.24) is 4.31 Å². The minimum Gasteiger partial charge on any atom is -0.271 e. The summed E-state index contributed by atoms with van der Waals surface area (Å²) < 4.78 is 28.9. The second kappa shape index (κ2) is 9.18. The van der Waals surface area contributed by atoms with Gasteiger partial charge in [-0.2, -0.15) is 0 Å². The van der Waals surface area contributed by atoms with Crippen LogP contribution in [0.25, 0.3) is 0 Å². The average Bonchev–Trinajstić information content (AvgIpc) is 3.39. The summed E-state index contributed by atoms with van der Waals surface area (Å²) in [7, 11) is -3.74. The molecule has 1 heterocycles. The largest absolute Gasteiger partial charge is 0.271 e. The Balaban J connectivity index is 1.48. The highest BCUT2D eigenvalue weighted by Crippen LogP contribution is 2.70. The number of fused-ring (bicyclic) bond motifs is 1. The van der Waals surface area contributed by atoms with E-state index in [9.17, 15) is 13.2 Å². The van der Waals surface area contributed by atoms with Gasteiger partial charge >= 0.3 is 0 Å². The van der Waals surface area contributed by atoms with Gasteiger partial charge in [0.05, 0.1) is 17.5 Å². The molecule has 1 amide bonds. The van der Waals surface area contributed by atoms with Gasteiger partial charge in [0.1, 0.15) is 6.04 Å². The molecule has 4 aliphatic rings. The SMILES string of the molecule is C=C1CCCCC1[C@@H](N=C(c1ccccc1)c1ccccc1)C(=O)N1[C@H]2C[C@H]3CC[C@]2(CS1(=O)=O)C3(C)C. The van der Waals surface area contributed by atoms with Gasteiger partial charge in [-0.15, -0.1) is 0 Å². The fraction of sp³-hybridized carbons (Fsp3) is 0.500. The lowest BCUT2D eigenvalue weighted by atomic mass is 9.69. The van der Waals surface area contributed by atoms with Crippen molar-refractivity contribution in [2.24, 2.45) is 27.7 Å². The lowest BCUT2D eigenvalue weighted by Crippen LogP contribution is -2.49. The molecule has 5 nitrogen and oxygen atoms in total. The van der Waals surface area contributed by atoms with Crippen LogP contribution in [0, 0.1) is 22.7 Å². The van der Waals surface area contributed by atoms with Crippen LogP contribution in [0.1, 0.15) is 69.9 Å². The molecule has 3 saturated carbocycles. The molecule has 0 N–H and O–H groups in total. The van der Waals surface area contributed by atoms with E-state index in [0.29, 0.717) is 5.92 Å². The van der Waals surface area contributed by atoms with Gasteiger partial charge < -0.3 is 0 Å². The monoisotopic (exact) mass is 530 g/mol. The van der Waals surface area contributed by atoms with Crippen molar-refractivity contribution in [2.45, 2.75) is 70.9 Å². The van der Waals surface area contributed by atoms with Crippen LogP contribution in [-0.2, 0) is 14.8 Å². The summed E-state index contributed by atoms with van der Waals surface area (Å²) in [5, 5.41) is 0. The number of hydrogen-bond acceptors (Lipinski definition) is 4. The molecule has 2 aromatic rings. The molecule has 1 unspecified atom stereocenters. The Hall–Kier alpha value is -2.73. The van der Waals surface area contributed by atoms with Crippen molar-refractivity contribution in [3.63, 3.8) is 0 Å². The maximum absolute atomic E-state index is 14.6. The topological polar surface area (TPSA) is 66.8 Å². The Morgan fingerprint density at radius 1 is 1.00 bits per heavy atom. The van der Waals surface area contributed by atoms with Crippen LogP contribution in [0.2, 0.25) is 0 Å². The summed E-state index contributed by atoms with van der Waals surface area (Å²) >= 11 is 0. The van der Waals surface area contributed by atoms with Crippen LogP contribution in [0.3, 0.4) is 0 Å². The zero-order valence-electron chi connectivity index (χ0n) is 22.5. The summed E-state index contributed by atoms with van der Waals surface area (Å²) in [4.78, 5) is 19.8. The fourth-order valence-electron chi connectivity index (χ4n) is 8.16. The number of aliphatic imine (C=N–C) groups is 1. The zero-order valence-corrected chi connectivity index (χ0v) is 23.3. The number of benzene rings is 2. The van der Waals surface area contributed by atoms with Crippen molar-refractivity contribution < 1.29 is 13.2 Å². The first kappa shape index (κ1) is 25.5. The maximum Gasteiger partial charge on any atom is 0.261 e. The van der Waals surface area contributed by atoms with Crippen LogP contribution in [0.4, 0.5) is 0 Å². The summed E-state index contributed by atoms with van der Waals surface area (Å²) in [6.07, 6.45) is 6.39. The number of sulfonamides is 1. The van der Waals surface area contributed by atoms with Crippen molar-refractivity contribution in [2.75, 3.05) is 5.75 Å². The molecule has 1 spiro atoms. The van der Waals surface area contributed by atoms with Crippen molar-refractivity contribution in [1.29, 1.82) is 0 Å². The minimum absolute atomic E-state index is 0.0756. The van der Waals surface area contributed by atoms with E-state index < -0.39 is 16.1 Å². The number of hydrogen-bond donors (Lipinski definition) is 0. The van der Waals surface area contributed by atoms with Crippen molar-refractivity contribution >= 4 is 21.6 Å². The predicted molar refractivity (Wildman–Crippen MR) is 151 cm³/mol. The van der Waals surface area contributed by atoms with Crippen molar-refractivity contribution in [3.05, 3.63) is 83.9 Å². The fourth-order valence-corrected chi connectivity index (χ4v) is 10.7. The molecule has 2 aromatic carbocycles. The molecular formula is C32H38N2O3S. The second-order valence-electron chi connectivity index (χ2n) is 12.4. The Morgan fingerprint density at radius 2 is 1.63 bits per heavy atom. The summed E-state index contributed by atoms with van der Waals surface area (Å²) in [5.74, 6) is 0.00498. The van der Waals surface area contributed by atoms with Crippen LogP contribution in [0.5, 0.6) is 0 Å². The molecule has 1 saturated heterocycles. The van der Waals surface area contributed by atoms with E-state index in [2.05, 4.69) is 20.4 Å². The Morgan fingerprint density at radius 3 is 2.21 bits per heavy atom. The first-order valence-corrected chi connectivity index (χ1v) is 15.7. The number of amides is 1. The molecule has 4 fully saturated rings. The van der Waals surface area contributed by atoms with Crippen LogP contribution >= 0.6 is 0 Å². The molecule has 200 valence electrons. The van der Waals surface area contributed by atoms with Crippen LogP contribution in [-0.4, -0.2) is 42.2 Å². The highest BCUT2D eigenvalue weighted by molar-refractivity contribution is 7.90. The van der Waals surface area contributed by atoms with Gasteiger partial charge in [-0.1, -0.05) is 93.1 Å². The van der Waals surface area contributed by atoms with Gasteiger partial charge in [0.2, 0.25) is 10.0 Å². The third kappa shape index (κ3) is 3.82. The quantitative estimate of drug-likeness (QED) is 0.351. The molecule has 6 rings (SSSR count). The molecule has 5 atom stereocenters. The van der Waals surface area contributed by atoms with E-state index in [-0.39, 0.29) is 34.4 Å². The lowest BCUT2D eigenvalue weighted by Gasteiger charge is -2.38. The third-order valence-electron chi connectivity index (χ3n) is 10.4. The van der Waals surface area contributed by atoms with Gasteiger partial charge in [-0.25, -0.2) is 12.7 Å². The number of rotatable bonds is 5. The molecule has 3 aliphatic carbocycles. The molecule has 2 bridgehead atoms. The van der Waals surface area contributed by atoms with E-state index in [1.165, 1.54) is 4.31 Å². The smallest absolute Gasteiger partial charge is 0.261 e. The van der Waals surface area contributed by atoms with Gasteiger partial charge in [0.15, 0.2) is 0 Å². The lowest BCUT2D eigenvalue weighted by molar-refractivity contribution is -0.131. The zero-order chi connectivity index (χ0) is 26.7. The normalized spacial score (nSPS) is 31.6. The van der Waals surface area contributed by atoms with E-state index >= 15 is 0 Å². The molecular weight excluding hydrogens is 492 g/mol. The maximum atomic E-state index is 14.6. The Labute approximate surface area is 227 Å². The van der Waals surface area contributed by atoms with Crippen molar-refractivity contribution in [3.8, 4) is 0 Å². The standard InChI is InChI=1S/C32H38N2O3S/c1-22-12-10-11-17-26(22)29(33-28(23-13-6-4-7-14-23)24-15-8-5-9-16-24)30(35)34-27-20-25-18-19-32(27,31(25,2)3)21-38(34,36)37/h4-9,13-16,25-27,29H,1,10-12,17-21H2,2-3H3/t25-,26?,27+,29-,32-/m1/s1. The molecule has 6 heteroatoms. The van der Waals surface area contributed by atoms with E-state index in [1.54, 1.807) is 0 Å². The Kier molecular flexibility index (Phi) is 6.17. The minimum atomic E-state index is -3.74. The second-order valence-corrected chi connectivity index (χ2v) is 14.3. The third-order valence-corrected chi connectivity index (χ3v) is 12.3. The number of carbonyl (C=O) groups is 1. The van der Waals surface area contributed by atoms with Crippen LogP contribution < -0.4 is 0 Å². The summed E-state index contributed by atoms with van der Waals surface area (Å²) in [6, 6.07) is 18.7. The van der Waals surface area contributed by atoms with Gasteiger partial charge in [-0.05, 0) is 49.9 Å².